The largest absolute Gasteiger partial charge is 0.497 e. The van der Waals surface area contributed by atoms with Crippen LogP contribution in [0.5, 0.6) is 5.75 Å². The number of methoxy groups -OCH3 is 1. The summed E-state index contributed by atoms with van der Waals surface area (Å²) in [4.78, 5) is 19.6. The Labute approximate surface area is 184 Å². The summed E-state index contributed by atoms with van der Waals surface area (Å²) < 4.78 is 5.26. The van der Waals surface area contributed by atoms with E-state index in [1.807, 2.05) is 24.4 Å². The number of nitrogens with one attached hydrogen (secondary N) is 1. The topological polar surface area (TPSA) is 54.5 Å². The van der Waals surface area contributed by atoms with Crippen molar-refractivity contribution in [1.29, 1.82) is 0 Å². The number of pyridine rings is 1. The first-order chi connectivity index (χ1) is 15.1. The zero-order chi connectivity index (χ0) is 21.7. The Hall–Kier alpha value is -3.18. The second-order valence-electron chi connectivity index (χ2n) is 8.29. The molecule has 0 bridgehead atoms. The van der Waals surface area contributed by atoms with Crippen LogP contribution >= 0.6 is 0 Å². The van der Waals surface area contributed by atoms with Gasteiger partial charge in [0.05, 0.1) is 12.5 Å². The van der Waals surface area contributed by atoms with Crippen LogP contribution in [-0.2, 0) is 17.8 Å². The quantitative estimate of drug-likeness (QED) is 0.635. The Kier molecular flexibility index (Phi) is 6.33. The standard InChI is InChI=1S/C26H29N3O2/c1-27-25(30)26(12-14-29(19-26)18-20-8-10-24(31-2)11-9-20)16-21-5-3-6-22(15-21)23-7-4-13-28-17-23/h3-11,13,15,17H,12,14,16,18-19H2,1-2H3,(H,27,30)/t26-/m1/s1. The molecule has 0 spiro atoms. The molecule has 1 saturated heterocycles. The number of carbonyl (C=O) groups excluding carboxylic acids is 1. The lowest BCUT2D eigenvalue weighted by Crippen LogP contribution is -2.43. The second kappa shape index (κ2) is 9.31. The lowest BCUT2D eigenvalue weighted by atomic mass is 9.79. The van der Waals surface area contributed by atoms with Crippen LogP contribution in [0.3, 0.4) is 0 Å². The van der Waals surface area contributed by atoms with Crippen LogP contribution < -0.4 is 10.1 Å². The maximum atomic E-state index is 13.0. The highest BCUT2D eigenvalue weighted by molar-refractivity contribution is 5.83. The second-order valence-corrected chi connectivity index (χ2v) is 8.29. The van der Waals surface area contributed by atoms with Crippen molar-refractivity contribution in [2.24, 2.45) is 5.41 Å². The molecule has 0 unspecified atom stereocenters. The Bertz CT molecular complexity index is 1020. The molecule has 0 aliphatic carbocycles. The molecule has 1 aliphatic heterocycles. The van der Waals surface area contributed by atoms with Gasteiger partial charge >= 0.3 is 0 Å². The van der Waals surface area contributed by atoms with Crippen molar-refractivity contribution in [2.75, 3.05) is 27.2 Å². The van der Waals surface area contributed by atoms with Crippen LogP contribution in [0.4, 0.5) is 0 Å². The normalized spacial score (nSPS) is 18.6. The Balaban J connectivity index is 1.52. The van der Waals surface area contributed by atoms with E-state index in [0.29, 0.717) is 0 Å². The number of carbonyl (C=O) groups is 1. The molecule has 31 heavy (non-hydrogen) atoms. The number of benzene rings is 2. The highest BCUT2D eigenvalue weighted by atomic mass is 16.5. The van der Waals surface area contributed by atoms with Gasteiger partial charge in [0.1, 0.15) is 5.75 Å². The number of hydrogen-bond acceptors (Lipinski definition) is 4. The number of rotatable bonds is 7. The predicted molar refractivity (Wildman–Crippen MR) is 123 cm³/mol. The predicted octanol–water partition coefficient (Wildman–Crippen LogP) is 3.94. The molecule has 5 heteroatoms. The van der Waals surface area contributed by atoms with Crippen LogP contribution in [0, 0.1) is 5.41 Å². The molecular weight excluding hydrogens is 386 g/mol. The zero-order valence-electron chi connectivity index (χ0n) is 18.2. The van der Waals surface area contributed by atoms with E-state index in [0.717, 1.165) is 49.4 Å². The lowest BCUT2D eigenvalue weighted by Gasteiger charge is -2.28. The van der Waals surface area contributed by atoms with E-state index in [9.17, 15) is 4.79 Å². The summed E-state index contributed by atoms with van der Waals surface area (Å²) in [5.74, 6) is 0.981. The SMILES string of the molecule is CNC(=O)[C@@]1(Cc2cccc(-c3cccnc3)c2)CCN(Cc2ccc(OC)cc2)C1. The molecule has 4 rings (SSSR count). The van der Waals surface area contributed by atoms with Gasteiger partial charge in [-0.15, -0.1) is 0 Å². The summed E-state index contributed by atoms with van der Waals surface area (Å²) in [6, 6.07) is 20.6. The summed E-state index contributed by atoms with van der Waals surface area (Å²) >= 11 is 0. The Morgan fingerprint density at radius 2 is 1.90 bits per heavy atom. The monoisotopic (exact) mass is 415 g/mol. The van der Waals surface area contributed by atoms with Gasteiger partial charge in [0, 0.05) is 32.5 Å². The van der Waals surface area contributed by atoms with Gasteiger partial charge in [-0.05, 0) is 59.8 Å². The van der Waals surface area contributed by atoms with Crippen LogP contribution in [0.2, 0.25) is 0 Å². The van der Waals surface area contributed by atoms with Crippen LogP contribution in [-0.4, -0.2) is 43.0 Å². The van der Waals surface area contributed by atoms with E-state index < -0.39 is 5.41 Å². The van der Waals surface area contributed by atoms with Crippen molar-refractivity contribution in [1.82, 2.24) is 15.2 Å². The van der Waals surface area contributed by atoms with E-state index >= 15 is 0 Å². The van der Waals surface area contributed by atoms with Gasteiger partial charge in [-0.25, -0.2) is 0 Å². The summed E-state index contributed by atoms with van der Waals surface area (Å²) in [6.45, 7) is 2.48. The van der Waals surface area contributed by atoms with E-state index in [2.05, 4.69) is 57.7 Å². The van der Waals surface area contributed by atoms with Crippen molar-refractivity contribution < 1.29 is 9.53 Å². The molecule has 1 fully saturated rings. The number of ether oxygens (including phenoxy) is 1. The minimum atomic E-state index is -0.422. The molecule has 1 aliphatic rings. The Morgan fingerprint density at radius 1 is 1.10 bits per heavy atom. The molecule has 1 amide bonds. The fraction of sp³-hybridized carbons (Fsp3) is 0.308. The van der Waals surface area contributed by atoms with Gasteiger partial charge < -0.3 is 10.1 Å². The smallest absolute Gasteiger partial charge is 0.227 e. The van der Waals surface area contributed by atoms with Crippen molar-refractivity contribution in [3.05, 3.63) is 84.2 Å². The van der Waals surface area contributed by atoms with Gasteiger partial charge in [-0.2, -0.15) is 0 Å². The van der Waals surface area contributed by atoms with Crippen molar-refractivity contribution in [3.63, 3.8) is 0 Å². The first-order valence-electron chi connectivity index (χ1n) is 10.7. The number of amides is 1. The summed E-state index contributed by atoms with van der Waals surface area (Å²) in [5, 5.41) is 2.92. The van der Waals surface area contributed by atoms with Crippen LogP contribution in [0.15, 0.2) is 73.1 Å². The zero-order valence-corrected chi connectivity index (χ0v) is 18.2. The third-order valence-electron chi connectivity index (χ3n) is 6.17. The molecule has 160 valence electrons. The van der Waals surface area contributed by atoms with Gasteiger partial charge in [0.2, 0.25) is 5.91 Å². The molecule has 2 aromatic carbocycles. The highest BCUT2D eigenvalue weighted by Gasteiger charge is 2.44. The number of nitrogens with zero attached hydrogens (tertiary/aromatic N) is 2. The first-order valence-corrected chi connectivity index (χ1v) is 10.7. The third-order valence-corrected chi connectivity index (χ3v) is 6.17. The molecule has 1 atom stereocenters. The molecular formula is C26H29N3O2. The number of aromatic nitrogens is 1. The molecule has 0 radical (unpaired) electrons. The number of hydrogen-bond donors (Lipinski definition) is 1. The van der Waals surface area contributed by atoms with Gasteiger partial charge in [-0.1, -0.05) is 42.5 Å². The van der Waals surface area contributed by atoms with Gasteiger partial charge in [0.25, 0.3) is 0 Å². The van der Waals surface area contributed by atoms with E-state index in [1.54, 1.807) is 20.4 Å². The van der Waals surface area contributed by atoms with Crippen molar-refractivity contribution >= 4 is 5.91 Å². The average Bonchev–Trinajstić information content (AvgIpc) is 3.23. The molecule has 5 nitrogen and oxygen atoms in total. The fourth-order valence-electron chi connectivity index (χ4n) is 4.54. The molecule has 1 N–H and O–H groups in total. The lowest BCUT2D eigenvalue weighted by molar-refractivity contribution is -0.130. The minimum Gasteiger partial charge on any atom is -0.497 e. The molecule has 0 saturated carbocycles. The van der Waals surface area contributed by atoms with E-state index in [-0.39, 0.29) is 5.91 Å². The fourth-order valence-corrected chi connectivity index (χ4v) is 4.54. The summed E-state index contributed by atoms with van der Waals surface area (Å²) in [7, 11) is 3.42. The van der Waals surface area contributed by atoms with Crippen LogP contribution in [0.1, 0.15) is 17.5 Å². The molecule has 1 aromatic heterocycles. The highest BCUT2D eigenvalue weighted by Crippen LogP contribution is 2.36. The van der Waals surface area contributed by atoms with Crippen LogP contribution in [0.25, 0.3) is 11.1 Å². The maximum Gasteiger partial charge on any atom is 0.227 e. The molecule has 2 heterocycles. The average molecular weight is 416 g/mol. The van der Waals surface area contributed by atoms with Crippen molar-refractivity contribution in [3.8, 4) is 16.9 Å². The Morgan fingerprint density at radius 3 is 2.61 bits per heavy atom. The van der Waals surface area contributed by atoms with Gasteiger partial charge in [-0.3, -0.25) is 14.7 Å². The van der Waals surface area contributed by atoms with E-state index in [4.69, 9.17) is 4.74 Å². The summed E-state index contributed by atoms with van der Waals surface area (Å²) in [5.41, 5.74) is 4.20. The third kappa shape index (κ3) is 4.78. The molecule has 3 aromatic rings. The maximum absolute atomic E-state index is 13.0. The van der Waals surface area contributed by atoms with Gasteiger partial charge in [0.15, 0.2) is 0 Å². The minimum absolute atomic E-state index is 0.122. The summed E-state index contributed by atoms with van der Waals surface area (Å²) in [6.07, 6.45) is 5.23. The van der Waals surface area contributed by atoms with E-state index in [1.165, 1.54) is 11.1 Å². The van der Waals surface area contributed by atoms with Crippen molar-refractivity contribution in [2.45, 2.75) is 19.4 Å². The number of likely N-dealkylation sites (tertiary alicyclic amines) is 1. The first kappa shape index (κ1) is 21.1.